The van der Waals surface area contributed by atoms with Crippen LogP contribution in [0, 0.1) is 11.7 Å². The maximum Gasteiger partial charge on any atom is 0.225 e. The molecule has 1 aromatic heterocycles. The minimum atomic E-state index is -0.198. The number of halogens is 1. The molecule has 3 nitrogen and oxygen atoms in total. The Morgan fingerprint density at radius 3 is 2.57 bits per heavy atom. The molecule has 0 unspecified atom stereocenters. The van der Waals surface area contributed by atoms with Crippen LogP contribution in [0.4, 0.5) is 4.39 Å². The standard InChI is InChI=1S/C24H27FN2O/c1-17(2)24(28)26-12-10-19(11-13-26)22-16-27(23-9-4-3-8-21(22)23)15-18-6-5-7-20(25)14-18/h3-9,14,16-17,19H,10-13,15H2,1-2H3. The second kappa shape index (κ2) is 7.78. The first-order valence-electron chi connectivity index (χ1n) is 10.1. The Kier molecular flexibility index (Phi) is 5.21. The molecule has 0 atom stereocenters. The quantitative estimate of drug-likeness (QED) is 0.613. The Hall–Kier alpha value is -2.62. The van der Waals surface area contributed by atoms with Gasteiger partial charge in [0, 0.05) is 42.7 Å². The van der Waals surface area contributed by atoms with E-state index in [9.17, 15) is 9.18 Å². The highest BCUT2D eigenvalue weighted by Gasteiger charge is 2.27. The molecule has 1 aliphatic heterocycles. The highest BCUT2D eigenvalue weighted by Crippen LogP contribution is 2.35. The van der Waals surface area contributed by atoms with Gasteiger partial charge in [-0.05, 0) is 48.1 Å². The van der Waals surface area contributed by atoms with Crippen molar-refractivity contribution in [3.05, 3.63) is 71.7 Å². The van der Waals surface area contributed by atoms with Crippen molar-refractivity contribution in [2.45, 2.75) is 39.2 Å². The molecule has 3 aromatic rings. The normalized spacial score (nSPS) is 15.5. The van der Waals surface area contributed by atoms with Crippen LogP contribution in [0.5, 0.6) is 0 Å². The molecule has 0 spiro atoms. The second-order valence-corrected chi connectivity index (χ2v) is 8.11. The lowest BCUT2D eigenvalue weighted by atomic mass is 9.89. The number of aromatic nitrogens is 1. The van der Waals surface area contributed by atoms with Gasteiger partial charge in [-0.2, -0.15) is 0 Å². The molecule has 1 fully saturated rings. The van der Waals surface area contributed by atoms with Crippen LogP contribution in [0.1, 0.15) is 43.7 Å². The first-order chi connectivity index (χ1) is 13.5. The van der Waals surface area contributed by atoms with Crippen LogP contribution in [0.2, 0.25) is 0 Å². The number of nitrogens with zero attached hydrogens (tertiary/aromatic N) is 2. The molecule has 2 heterocycles. The Bertz CT molecular complexity index is 983. The van der Waals surface area contributed by atoms with Crippen molar-refractivity contribution in [3.8, 4) is 0 Å². The van der Waals surface area contributed by atoms with E-state index in [4.69, 9.17) is 0 Å². The zero-order chi connectivity index (χ0) is 19.7. The van der Waals surface area contributed by atoms with Gasteiger partial charge >= 0.3 is 0 Å². The average molecular weight is 378 g/mol. The number of para-hydroxylation sites is 1. The lowest BCUT2D eigenvalue weighted by Gasteiger charge is -2.33. The van der Waals surface area contributed by atoms with Gasteiger partial charge in [-0.3, -0.25) is 4.79 Å². The molecule has 0 saturated carbocycles. The van der Waals surface area contributed by atoms with E-state index in [1.165, 1.54) is 22.5 Å². The lowest BCUT2D eigenvalue weighted by molar-refractivity contribution is -0.135. The van der Waals surface area contributed by atoms with Gasteiger partial charge in [0.25, 0.3) is 0 Å². The van der Waals surface area contributed by atoms with Crippen molar-refractivity contribution in [1.29, 1.82) is 0 Å². The van der Waals surface area contributed by atoms with Gasteiger partial charge < -0.3 is 9.47 Å². The zero-order valence-electron chi connectivity index (χ0n) is 16.6. The number of fused-ring (bicyclic) bond motifs is 1. The van der Waals surface area contributed by atoms with Gasteiger partial charge in [0.1, 0.15) is 5.82 Å². The monoisotopic (exact) mass is 378 g/mol. The first-order valence-corrected chi connectivity index (χ1v) is 10.1. The summed E-state index contributed by atoms with van der Waals surface area (Å²) >= 11 is 0. The number of rotatable bonds is 4. The van der Waals surface area contributed by atoms with Gasteiger partial charge in [0.15, 0.2) is 0 Å². The predicted octanol–water partition coefficient (Wildman–Crippen LogP) is 5.19. The molecule has 0 radical (unpaired) electrons. The Morgan fingerprint density at radius 1 is 1.11 bits per heavy atom. The molecule has 0 aliphatic carbocycles. The highest BCUT2D eigenvalue weighted by molar-refractivity contribution is 5.85. The van der Waals surface area contributed by atoms with Crippen LogP contribution in [0.25, 0.3) is 10.9 Å². The maximum absolute atomic E-state index is 13.6. The third-order valence-electron chi connectivity index (χ3n) is 5.80. The van der Waals surface area contributed by atoms with Gasteiger partial charge in [0.2, 0.25) is 5.91 Å². The molecule has 1 saturated heterocycles. The number of hydrogen-bond acceptors (Lipinski definition) is 1. The lowest BCUT2D eigenvalue weighted by Crippen LogP contribution is -2.40. The third-order valence-corrected chi connectivity index (χ3v) is 5.80. The minimum Gasteiger partial charge on any atom is -0.343 e. The van der Waals surface area contributed by atoms with Crippen LogP contribution in [0.3, 0.4) is 0 Å². The Labute approximate surface area is 165 Å². The summed E-state index contributed by atoms with van der Waals surface area (Å²) in [6.07, 6.45) is 4.22. The van der Waals surface area contributed by atoms with E-state index in [0.717, 1.165) is 31.5 Å². The van der Waals surface area contributed by atoms with E-state index in [1.54, 1.807) is 12.1 Å². The Balaban J connectivity index is 1.59. The van der Waals surface area contributed by atoms with Crippen molar-refractivity contribution < 1.29 is 9.18 Å². The number of carbonyl (C=O) groups is 1. The fourth-order valence-corrected chi connectivity index (χ4v) is 4.34. The molecule has 1 aliphatic rings. The summed E-state index contributed by atoms with van der Waals surface area (Å²) in [5.41, 5.74) is 3.50. The molecular weight excluding hydrogens is 351 g/mol. The van der Waals surface area contributed by atoms with Crippen molar-refractivity contribution in [1.82, 2.24) is 9.47 Å². The van der Waals surface area contributed by atoms with Crippen LogP contribution in [-0.4, -0.2) is 28.5 Å². The fourth-order valence-electron chi connectivity index (χ4n) is 4.34. The number of amides is 1. The van der Waals surface area contributed by atoms with E-state index < -0.39 is 0 Å². The molecule has 1 amide bonds. The molecule has 2 aromatic carbocycles. The highest BCUT2D eigenvalue weighted by atomic mass is 19.1. The third kappa shape index (κ3) is 3.68. The Morgan fingerprint density at radius 2 is 1.86 bits per heavy atom. The smallest absolute Gasteiger partial charge is 0.225 e. The van der Waals surface area contributed by atoms with Crippen molar-refractivity contribution in [2.75, 3.05) is 13.1 Å². The minimum absolute atomic E-state index is 0.0599. The largest absolute Gasteiger partial charge is 0.343 e. The number of carbonyl (C=O) groups excluding carboxylic acids is 1. The molecule has 28 heavy (non-hydrogen) atoms. The molecule has 146 valence electrons. The molecular formula is C24H27FN2O. The van der Waals surface area contributed by atoms with Crippen molar-refractivity contribution in [3.63, 3.8) is 0 Å². The fraction of sp³-hybridized carbons (Fsp3) is 0.375. The van der Waals surface area contributed by atoms with E-state index in [0.29, 0.717) is 12.5 Å². The van der Waals surface area contributed by atoms with Crippen LogP contribution < -0.4 is 0 Å². The number of benzene rings is 2. The van der Waals surface area contributed by atoms with E-state index in [2.05, 4.69) is 35.0 Å². The summed E-state index contributed by atoms with van der Waals surface area (Å²) in [5.74, 6) is 0.572. The van der Waals surface area contributed by atoms with E-state index >= 15 is 0 Å². The first kappa shape index (κ1) is 18.7. The average Bonchev–Trinajstić information content (AvgIpc) is 3.06. The van der Waals surface area contributed by atoms with Crippen molar-refractivity contribution >= 4 is 16.8 Å². The SMILES string of the molecule is CC(C)C(=O)N1CCC(c2cn(Cc3cccc(F)c3)c3ccccc23)CC1. The number of likely N-dealkylation sites (tertiary alicyclic amines) is 1. The van der Waals surface area contributed by atoms with E-state index in [-0.39, 0.29) is 17.6 Å². The van der Waals surface area contributed by atoms with Crippen molar-refractivity contribution in [2.24, 2.45) is 5.92 Å². The topological polar surface area (TPSA) is 25.2 Å². The van der Waals surface area contributed by atoms with E-state index in [1.807, 2.05) is 24.8 Å². The number of piperidine rings is 1. The predicted molar refractivity (Wildman–Crippen MR) is 111 cm³/mol. The summed E-state index contributed by atoms with van der Waals surface area (Å²) in [4.78, 5) is 14.3. The van der Waals surface area contributed by atoms with Crippen LogP contribution in [0.15, 0.2) is 54.7 Å². The zero-order valence-corrected chi connectivity index (χ0v) is 16.6. The molecule has 4 heteroatoms. The second-order valence-electron chi connectivity index (χ2n) is 8.11. The summed E-state index contributed by atoms with van der Waals surface area (Å²) in [6.45, 7) is 6.24. The maximum atomic E-state index is 13.6. The summed E-state index contributed by atoms with van der Waals surface area (Å²) < 4.78 is 15.8. The van der Waals surface area contributed by atoms with Crippen LogP contribution >= 0.6 is 0 Å². The van der Waals surface area contributed by atoms with Crippen LogP contribution in [-0.2, 0) is 11.3 Å². The number of hydrogen-bond donors (Lipinski definition) is 0. The summed E-state index contributed by atoms with van der Waals surface area (Å²) in [6, 6.07) is 15.3. The molecule has 4 rings (SSSR count). The van der Waals surface area contributed by atoms with Gasteiger partial charge in [-0.25, -0.2) is 4.39 Å². The van der Waals surface area contributed by atoms with Gasteiger partial charge in [-0.1, -0.05) is 44.2 Å². The van der Waals surface area contributed by atoms with Gasteiger partial charge in [0.05, 0.1) is 0 Å². The molecule has 0 bridgehead atoms. The molecule has 0 N–H and O–H groups in total. The summed E-state index contributed by atoms with van der Waals surface area (Å²) in [7, 11) is 0. The van der Waals surface area contributed by atoms with Gasteiger partial charge in [-0.15, -0.1) is 0 Å². The summed E-state index contributed by atoms with van der Waals surface area (Å²) in [5, 5.41) is 1.27.